The average Bonchev–Trinajstić information content (AvgIpc) is 2.85. The van der Waals surface area contributed by atoms with Crippen LogP contribution in [0.2, 0.25) is 0 Å². The molecular weight excluding hydrogens is 355 g/mol. The molecule has 0 amide bonds. The number of imidazole rings is 1. The summed E-state index contributed by atoms with van der Waals surface area (Å²) in [5, 5.41) is 0. The molecule has 0 atom stereocenters. The number of H-pyrrole nitrogens is 1. The first-order valence-corrected chi connectivity index (χ1v) is 10.5. The Labute approximate surface area is 153 Å². The minimum absolute atomic E-state index is 0.288. The Morgan fingerprint density at radius 2 is 1.81 bits per heavy atom. The van der Waals surface area contributed by atoms with Crippen molar-refractivity contribution in [3.05, 3.63) is 41.5 Å². The first-order chi connectivity index (χ1) is 12.5. The van der Waals surface area contributed by atoms with E-state index in [1.807, 2.05) is 0 Å². The molecule has 2 aliphatic heterocycles. The lowest BCUT2D eigenvalue weighted by atomic mass is 10.2. The van der Waals surface area contributed by atoms with E-state index < -0.39 is 10.2 Å². The van der Waals surface area contributed by atoms with Crippen molar-refractivity contribution in [2.24, 2.45) is 0 Å². The summed E-state index contributed by atoms with van der Waals surface area (Å²) < 4.78 is 42.6. The van der Waals surface area contributed by atoms with E-state index in [1.165, 1.54) is 16.4 Å². The summed E-state index contributed by atoms with van der Waals surface area (Å²) in [5.74, 6) is 0.269. The smallest absolute Gasteiger partial charge is 0.282 e. The van der Waals surface area contributed by atoms with Gasteiger partial charge in [-0.1, -0.05) is 25.0 Å². The number of rotatable bonds is 3. The number of benzene rings is 1. The quantitative estimate of drug-likeness (QED) is 0.893. The first kappa shape index (κ1) is 17.6. The largest absolute Gasteiger partial charge is 0.341 e. The van der Waals surface area contributed by atoms with Crippen LogP contribution in [0.15, 0.2) is 24.3 Å². The molecule has 0 spiro atoms. The molecule has 0 radical (unpaired) electrons. The highest BCUT2D eigenvalue weighted by Gasteiger charge is 2.33. The fraction of sp³-hybridized carbons (Fsp3) is 0.500. The Morgan fingerprint density at radius 3 is 2.54 bits per heavy atom. The van der Waals surface area contributed by atoms with Gasteiger partial charge in [-0.15, -0.1) is 0 Å². The molecule has 2 aromatic rings. The molecule has 140 valence electrons. The van der Waals surface area contributed by atoms with Crippen LogP contribution in [0.5, 0.6) is 0 Å². The van der Waals surface area contributed by atoms with Gasteiger partial charge in [0.05, 0.1) is 17.9 Å². The number of hydrogen-bond acceptors (Lipinski definition) is 3. The van der Waals surface area contributed by atoms with E-state index in [0.29, 0.717) is 37.4 Å². The van der Waals surface area contributed by atoms with E-state index in [4.69, 9.17) is 0 Å². The summed E-state index contributed by atoms with van der Waals surface area (Å²) in [6, 6.07) is 6.25. The van der Waals surface area contributed by atoms with E-state index in [2.05, 4.69) is 9.97 Å². The van der Waals surface area contributed by atoms with Gasteiger partial charge in [0.25, 0.3) is 10.2 Å². The van der Waals surface area contributed by atoms with Gasteiger partial charge in [-0.05, 0) is 25.0 Å². The highest BCUT2D eigenvalue weighted by Crippen LogP contribution is 2.26. The predicted octanol–water partition coefficient (Wildman–Crippen LogP) is 2.69. The molecule has 0 bridgehead atoms. The number of nitrogens with zero attached hydrogens (tertiary/aromatic N) is 3. The maximum atomic E-state index is 13.5. The van der Waals surface area contributed by atoms with Crippen molar-refractivity contribution in [3.63, 3.8) is 0 Å². The number of halogens is 1. The third-order valence-corrected chi connectivity index (χ3v) is 7.09. The van der Waals surface area contributed by atoms with Crippen molar-refractivity contribution in [1.29, 1.82) is 0 Å². The van der Waals surface area contributed by atoms with Crippen molar-refractivity contribution < 1.29 is 12.8 Å². The summed E-state index contributed by atoms with van der Waals surface area (Å²) in [7, 11) is -3.45. The van der Waals surface area contributed by atoms with Crippen LogP contribution in [0.4, 0.5) is 4.39 Å². The van der Waals surface area contributed by atoms with Crippen LogP contribution < -0.4 is 0 Å². The zero-order chi connectivity index (χ0) is 18.1. The Morgan fingerprint density at radius 1 is 1.04 bits per heavy atom. The van der Waals surface area contributed by atoms with Crippen LogP contribution in [-0.4, -0.2) is 46.6 Å². The monoisotopic (exact) mass is 378 g/mol. The van der Waals surface area contributed by atoms with E-state index in [1.54, 1.807) is 16.4 Å². The Hall–Kier alpha value is -1.77. The third-order valence-electron chi connectivity index (χ3n) is 5.11. The van der Waals surface area contributed by atoms with Crippen molar-refractivity contribution in [3.8, 4) is 11.4 Å². The summed E-state index contributed by atoms with van der Waals surface area (Å²) in [4.78, 5) is 7.74. The summed E-state index contributed by atoms with van der Waals surface area (Å²) in [5.41, 5.74) is 2.34. The topological polar surface area (TPSA) is 69.3 Å². The van der Waals surface area contributed by atoms with Crippen molar-refractivity contribution in [1.82, 2.24) is 18.6 Å². The Bertz CT molecular complexity index is 888. The molecule has 8 heteroatoms. The maximum Gasteiger partial charge on any atom is 0.282 e. The molecule has 2 aliphatic rings. The highest BCUT2D eigenvalue weighted by atomic mass is 32.2. The van der Waals surface area contributed by atoms with Crippen LogP contribution in [0, 0.1) is 5.82 Å². The Kier molecular flexibility index (Phi) is 4.81. The van der Waals surface area contributed by atoms with Crippen LogP contribution in [0.3, 0.4) is 0 Å². The first-order valence-electron chi connectivity index (χ1n) is 9.13. The molecule has 26 heavy (non-hydrogen) atoms. The molecule has 3 heterocycles. The van der Waals surface area contributed by atoms with Gasteiger partial charge >= 0.3 is 0 Å². The summed E-state index contributed by atoms with van der Waals surface area (Å²) >= 11 is 0. The minimum Gasteiger partial charge on any atom is -0.341 e. The second kappa shape index (κ2) is 7.09. The second-order valence-electron chi connectivity index (χ2n) is 6.93. The highest BCUT2D eigenvalue weighted by molar-refractivity contribution is 7.86. The normalized spacial score (nSPS) is 19.9. The second-order valence-corrected chi connectivity index (χ2v) is 8.85. The van der Waals surface area contributed by atoms with E-state index in [0.717, 1.165) is 37.1 Å². The fourth-order valence-corrected chi connectivity index (χ4v) is 5.33. The van der Waals surface area contributed by atoms with E-state index in [9.17, 15) is 12.8 Å². The molecule has 1 saturated heterocycles. The molecule has 1 aromatic heterocycles. The predicted molar refractivity (Wildman–Crippen MR) is 97.1 cm³/mol. The molecular formula is C18H23FN4O2S. The standard InChI is InChI=1S/C18H23FN4O2S/c19-15-7-5-6-14(12-15)18-20-16-8-11-23(13-17(16)21-18)26(24,25)22-9-3-1-2-4-10-22/h5-7,12H,1-4,8-11,13H2,(H,20,21). The summed E-state index contributed by atoms with van der Waals surface area (Å²) in [6.07, 6.45) is 4.59. The van der Waals surface area contributed by atoms with Gasteiger partial charge in [0.15, 0.2) is 0 Å². The zero-order valence-electron chi connectivity index (χ0n) is 14.6. The van der Waals surface area contributed by atoms with E-state index in [-0.39, 0.29) is 12.4 Å². The van der Waals surface area contributed by atoms with Crippen LogP contribution in [-0.2, 0) is 23.2 Å². The van der Waals surface area contributed by atoms with Crippen LogP contribution in [0.25, 0.3) is 11.4 Å². The molecule has 4 rings (SSSR count). The van der Waals surface area contributed by atoms with Gasteiger partial charge in [-0.2, -0.15) is 17.0 Å². The van der Waals surface area contributed by atoms with Crippen molar-refractivity contribution >= 4 is 10.2 Å². The third kappa shape index (κ3) is 3.41. The van der Waals surface area contributed by atoms with Crippen LogP contribution >= 0.6 is 0 Å². The van der Waals surface area contributed by atoms with Crippen molar-refractivity contribution in [2.45, 2.75) is 38.6 Å². The minimum atomic E-state index is -3.45. The van der Waals surface area contributed by atoms with Gasteiger partial charge in [-0.3, -0.25) is 0 Å². The van der Waals surface area contributed by atoms with Gasteiger partial charge in [0.1, 0.15) is 11.6 Å². The maximum absolute atomic E-state index is 13.5. The van der Waals surface area contributed by atoms with Crippen LogP contribution in [0.1, 0.15) is 37.1 Å². The lowest BCUT2D eigenvalue weighted by Gasteiger charge is -2.31. The molecule has 0 unspecified atom stereocenters. The fourth-order valence-electron chi connectivity index (χ4n) is 3.67. The van der Waals surface area contributed by atoms with E-state index >= 15 is 0 Å². The van der Waals surface area contributed by atoms with Gasteiger partial charge in [0, 0.05) is 31.6 Å². The molecule has 1 fully saturated rings. The average molecular weight is 378 g/mol. The number of aromatic nitrogens is 2. The number of nitrogens with one attached hydrogen (secondary N) is 1. The molecule has 1 N–H and O–H groups in total. The molecule has 0 aliphatic carbocycles. The van der Waals surface area contributed by atoms with Crippen molar-refractivity contribution in [2.75, 3.05) is 19.6 Å². The number of fused-ring (bicyclic) bond motifs is 1. The van der Waals surface area contributed by atoms with Gasteiger partial charge in [-0.25, -0.2) is 9.37 Å². The SMILES string of the molecule is O=S(=O)(N1CCCCCC1)N1CCc2nc(-c3cccc(F)c3)[nH]c2C1. The number of hydrogen-bond donors (Lipinski definition) is 1. The Balaban J connectivity index is 1.56. The molecule has 0 saturated carbocycles. The molecule has 6 nitrogen and oxygen atoms in total. The van der Waals surface area contributed by atoms with Gasteiger partial charge in [0.2, 0.25) is 0 Å². The zero-order valence-corrected chi connectivity index (χ0v) is 15.4. The lowest BCUT2D eigenvalue weighted by Crippen LogP contribution is -2.46. The summed E-state index contributed by atoms with van der Waals surface area (Å²) in [6.45, 7) is 1.92. The number of aromatic amines is 1. The lowest BCUT2D eigenvalue weighted by molar-refractivity contribution is 0.325. The molecule has 1 aromatic carbocycles. The van der Waals surface area contributed by atoms with Gasteiger partial charge < -0.3 is 4.98 Å².